The molecule has 0 saturated carbocycles. The van der Waals surface area contributed by atoms with Crippen LogP contribution in [0.2, 0.25) is 0 Å². The summed E-state index contributed by atoms with van der Waals surface area (Å²) in [6, 6.07) is 4.22. The van der Waals surface area contributed by atoms with E-state index in [4.69, 9.17) is 4.74 Å². The number of aryl methyl sites for hydroxylation is 1. The van der Waals surface area contributed by atoms with Crippen molar-refractivity contribution >= 4 is 22.0 Å². The van der Waals surface area contributed by atoms with E-state index in [9.17, 15) is 4.79 Å². The van der Waals surface area contributed by atoms with Crippen LogP contribution in [0.1, 0.15) is 51.3 Å². The van der Waals surface area contributed by atoms with Crippen LogP contribution in [0.3, 0.4) is 0 Å². The predicted octanol–water partition coefficient (Wildman–Crippen LogP) is 5.08. The number of fused-ring (bicyclic) bond motifs is 1. The van der Waals surface area contributed by atoms with Crippen LogP contribution < -0.4 is 0 Å². The molecule has 21 heavy (non-hydrogen) atoms. The third kappa shape index (κ3) is 5.03. The monoisotopic (exact) mass is 355 g/mol. The first-order chi connectivity index (χ1) is 9.76. The third-order valence-electron chi connectivity index (χ3n) is 3.17. The smallest absolute Gasteiger partial charge is 0.410 e. The molecule has 118 valence electrons. The summed E-state index contributed by atoms with van der Waals surface area (Å²) in [6.45, 7) is 13.2. The maximum atomic E-state index is 12.1. The molecule has 3 nitrogen and oxygen atoms in total. The molecular formula is C17H26BrNO2. The first kappa shape index (κ1) is 18.0. The molecule has 0 aromatic heterocycles. The Balaban J connectivity index is 0.00000106. The normalized spacial score (nSPS) is 14.0. The molecule has 1 aliphatic heterocycles. The Morgan fingerprint density at radius 1 is 1.29 bits per heavy atom. The summed E-state index contributed by atoms with van der Waals surface area (Å²) in [5, 5.41) is 0. The van der Waals surface area contributed by atoms with E-state index in [2.05, 4.69) is 35.0 Å². The number of nitrogens with zero attached hydrogens (tertiary/aromatic N) is 1. The molecule has 0 radical (unpaired) electrons. The minimum Gasteiger partial charge on any atom is -0.444 e. The molecule has 1 aliphatic rings. The standard InChI is InChI=1S/C15H20BrNO2.C2H6/c1-10-7-12(16)8-11-9-17(6-5-13(10)11)14(18)19-15(2,3)4;1-2/h7-8H,5-6,9H2,1-4H3;1-2H3. The maximum absolute atomic E-state index is 12.1. The second kappa shape index (κ2) is 7.30. The zero-order valence-corrected chi connectivity index (χ0v) is 15.5. The van der Waals surface area contributed by atoms with Crippen molar-refractivity contribution in [1.82, 2.24) is 4.90 Å². The van der Waals surface area contributed by atoms with Crippen molar-refractivity contribution < 1.29 is 9.53 Å². The molecule has 0 N–H and O–H groups in total. The molecule has 0 aliphatic carbocycles. The third-order valence-corrected chi connectivity index (χ3v) is 3.63. The number of benzene rings is 1. The highest BCUT2D eigenvalue weighted by Crippen LogP contribution is 2.27. The van der Waals surface area contributed by atoms with Crippen molar-refractivity contribution in [1.29, 1.82) is 0 Å². The Kier molecular flexibility index (Phi) is 6.26. The van der Waals surface area contributed by atoms with Crippen molar-refractivity contribution in [2.75, 3.05) is 6.54 Å². The summed E-state index contributed by atoms with van der Waals surface area (Å²) in [4.78, 5) is 13.9. The molecule has 0 bridgehead atoms. The Bertz CT molecular complexity index is 506. The molecule has 1 aromatic carbocycles. The molecule has 0 atom stereocenters. The van der Waals surface area contributed by atoms with Gasteiger partial charge in [-0.05, 0) is 62.9 Å². The van der Waals surface area contributed by atoms with Crippen LogP contribution >= 0.6 is 15.9 Å². The average molecular weight is 356 g/mol. The number of carbonyl (C=O) groups is 1. The summed E-state index contributed by atoms with van der Waals surface area (Å²) < 4.78 is 6.49. The highest BCUT2D eigenvalue weighted by Gasteiger charge is 2.26. The lowest BCUT2D eigenvalue weighted by molar-refractivity contribution is 0.0223. The lowest BCUT2D eigenvalue weighted by Crippen LogP contribution is -2.40. The molecule has 1 heterocycles. The van der Waals surface area contributed by atoms with Gasteiger partial charge in [0.1, 0.15) is 5.60 Å². The van der Waals surface area contributed by atoms with E-state index in [1.165, 1.54) is 16.7 Å². The number of amides is 1. The number of carbonyl (C=O) groups excluding carboxylic acids is 1. The van der Waals surface area contributed by atoms with E-state index in [-0.39, 0.29) is 6.09 Å². The second-order valence-corrected chi connectivity index (χ2v) is 6.93. The summed E-state index contributed by atoms with van der Waals surface area (Å²) >= 11 is 3.51. The largest absolute Gasteiger partial charge is 0.444 e. The first-order valence-electron chi connectivity index (χ1n) is 7.52. The Labute approximate surface area is 136 Å². The molecule has 0 spiro atoms. The fourth-order valence-electron chi connectivity index (χ4n) is 2.35. The van der Waals surface area contributed by atoms with E-state index in [1.54, 1.807) is 4.90 Å². The van der Waals surface area contributed by atoms with Crippen molar-refractivity contribution in [2.45, 2.75) is 60.1 Å². The van der Waals surface area contributed by atoms with Crippen molar-refractivity contribution in [3.05, 3.63) is 33.3 Å². The zero-order chi connectivity index (χ0) is 16.2. The molecule has 0 saturated heterocycles. The highest BCUT2D eigenvalue weighted by atomic mass is 79.9. The van der Waals surface area contributed by atoms with Gasteiger partial charge in [-0.2, -0.15) is 0 Å². The second-order valence-electron chi connectivity index (χ2n) is 6.01. The minimum absolute atomic E-state index is 0.226. The van der Waals surface area contributed by atoms with Gasteiger partial charge >= 0.3 is 6.09 Å². The van der Waals surface area contributed by atoms with Gasteiger partial charge < -0.3 is 9.64 Å². The molecule has 0 fully saturated rings. The Hall–Kier alpha value is -1.03. The van der Waals surface area contributed by atoms with Crippen LogP contribution in [0.5, 0.6) is 0 Å². The van der Waals surface area contributed by atoms with Gasteiger partial charge in [0, 0.05) is 17.6 Å². The predicted molar refractivity (Wildman–Crippen MR) is 90.6 cm³/mol. The van der Waals surface area contributed by atoms with E-state index in [0.717, 1.165) is 17.4 Å². The van der Waals surface area contributed by atoms with Gasteiger partial charge in [-0.15, -0.1) is 0 Å². The van der Waals surface area contributed by atoms with Gasteiger partial charge in [0.15, 0.2) is 0 Å². The van der Waals surface area contributed by atoms with E-state index in [1.807, 2.05) is 34.6 Å². The van der Waals surface area contributed by atoms with Gasteiger partial charge in [-0.1, -0.05) is 29.8 Å². The molecule has 2 rings (SSSR count). The summed E-state index contributed by atoms with van der Waals surface area (Å²) in [6.07, 6.45) is 0.670. The molecule has 1 amide bonds. The van der Waals surface area contributed by atoms with E-state index < -0.39 is 5.60 Å². The minimum atomic E-state index is -0.440. The number of halogens is 1. The van der Waals surface area contributed by atoms with Gasteiger partial charge in [0.25, 0.3) is 0 Å². The van der Waals surface area contributed by atoms with Crippen LogP contribution in [0.4, 0.5) is 4.79 Å². The Morgan fingerprint density at radius 3 is 2.48 bits per heavy atom. The summed E-state index contributed by atoms with van der Waals surface area (Å²) in [5.41, 5.74) is 3.42. The van der Waals surface area contributed by atoms with Gasteiger partial charge in [0.2, 0.25) is 0 Å². The lowest BCUT2D eigenvalue weighted by atomic mass is 9.95. The number of hydrogen-bond donors (Lipinski definition) is 0. The van der Waals surface area contributed by atoms with Gasteiger partial charge in [-0.3, -0.25) is 0 Å². The molecule has 0 unspecified atom stereocenters. The Morgan fingerprint density at radius 2 is 1.90 bits per heavy atom. The van der Waals surface area contributed by atoms with Crippen molar-refractivity contribution in [2.24, 2.45) is 0 Å². The average Bonchev–Trinajstić information content (AvgIpc) is 2.38. The van der Waals surface area contributed by atoms with Crippen molar-refractivity contribution in [3.63, 3.8) is 0 Å². The SMILES string of the molecule is CC.Cc1cc(Br)cc2c1CCN(C(=O)OC(C)(C)C)C2. The summed E-state index contributed by atoms with van der Waals surface area (Å²) in [7, 11) is 0. The number of rotatable bonds is 0. The van der Waals surface area contributed by atoms with Crippen LogP contribution in [0.15, 0.2) is 16.6 Å². The van der Waals surface area contributed by atoms with E-state index >= 15 is 0 Å². The van der Waals surface area contributed by atoms with Crippen LogP contribution in [0.25, 0.3) is 0 Å². The first-order valence-corrected chi connectivity index (χ1v) is 8.31. The van der Waals surface area contributed by atoms with Crippen LogP contribution in [-0.4, -0.2) is 23.1 Å². The van der Waals surface area contributed by atoms with Crippen LogP contribution in [-0.2, 0) is 17.7 Å². The quantitative estimate of drug-likeness (QED) is 0.649. The van der Waals surface area contributed by atoms with Crippen LogP contribution in [0, 0.1) is 6.92 Å². The fraction of sp³-hybridized carbons (Fsp3) is 0.588. The fourth-order valence-corrected chi connectivity index (χ4v) is 2.97. The molecular weight excluding hydrogens is 330 g/mol. The zero-order valence-electron chi connectivity index (χ0n) is 13.9. The van der Waals surface area contributed by atoms with Gasteiger partial charge in [-0.25, -0.2) is 4.79 Å². The van der Waals surface area contributed by atoms with E-state index in [0.29, 0.717) is 6.54 Å². The highest BCUT2D eigenvalue weighted by molar-refractivity contribution is 9.10. The van der Waals surface area contributed by atoms with Gasteiger partial charge in [0.05, 0.1) is 0 Å². The summed E-state index contributed by atoms with van der Waals surface area (Å²) in [5.74, 6) is 0. The number of ether oxygens (including phenoxy) is 1. The molecule has 4 heteroatoms. The topological polar surface area (TPSA) is 29.5 Å². The van der Waals surface area contributed by atoms with Crippen molar-refractivity contribution in [3.8, 4) is 0 Å². The number of hydrogen-bond acceptors (Lipinski definition) is 2. The molecule has 1 aromatic rings. The maximum Gasteiger partial charge on any atom is 0.410 e. The lowest BCUT2D eigenvalue weighted by Gasteiger charge is -2.32.